The van der Waals surface area contributed by atoms with Gasteiger partial charge < -0.3 is 15.1 Å². The van der Waals surface area contributed by atoms with Gasteiger partial charge in [0.05, 0.1) is 0 Å². The molecule has 26 heavy (non-hydrogen) atoms. The summed E-state index contributed by atoms with van der Waals surface area (Å²) in [5, 5.41) is 3.36. The predicted molar refractivity (Wildman–Crippen MR) is 101 cm³/mol. The Bertz CT molecular complexity index is 798. The zero-order valence-corrected chi connectivity index (χ0v) is 15.2. The molecular weight excluding hydrogens is 328 g/mol. The van der Waals surface area contributed by atoms with Gasteiger partial charge in [0, 0.05) is 51.5 Å². The molecule has 3 rings (SSSR count). The van der Waals surface area contributed by atoms with Gasteiger partial charge in [-0.15, -0.1) is 0 Å². The van der Waals surface area contributed by atoms with Crippen LogP contribution in [-0.4, -0.2) is 52.8 Å². The number of aryl methyl sites for hydroxylation is 1. The summed E-state index contributed by atoms with van der Waals surface area (Å²) in [7, 11) is 0. The van der Waals surface area contributed by atoms with Gasteiger partial charge in [0.25, 0.3) is 5.91 Å². The topological polar surface area (TPSA) is 65.5 Å². The maximum atomic E-state index is 12.7. The van der Waals surface area contributed by atoms with Gasteiger partial charge in [-0.25, -0.2) is 0 Å². The SMILES string of the molecule is CC(=O)N1CCN(C(=O)c2cc(NCc3ccccc3C)ccn2)CC1. The van der Waals surface area contributed by atoms with Crippen molar-refractivity contribution in [3.63, 3.8) is 0 Å². The first kappa shape index (κ1) is 17.9. The van der Waals surface area contributed by atoms with Crippen LogP contribution in [0.1, 0.15) is 28.5 Å². The summed E-state index contributed by atoms with van der Waals surface area (Å²) < 4.78 is 0. The molecule has 136 valence electrons. The Morgan fingerprint density at radius 3 is 2.46 bits per heavy atom. The standard InChI is InChI=1S/C20H24N4O2/c1-15-5-3-4-6-17(15)14-22-18-7-8-21-19(13-18)20(26)24-11-9-23(10-12-24)16(2)25/h3-8,13H,9-12,14H2,1-2H3,(H,21,22). The van der Waals surface area contributed by atoms with E-state index in [1.807, 2.05) is 18.2 Å². The van der Waals surface area contributed by atoms with Crippen molar-refractivity contribution in [2.45, 2.75) is 20.4 Å². The molecule has 0 atom stereocenters. The Hall–Kier alpha value is -2.89. The molecule has 2 amide bonds. The molecule has 2 heterocycles. The average Bonchev–Trinajstić information content (AvgIpc) is 2.67. The largest absolute Gasteiger partial charge is 0.381 e. The lowest BCUT2D eigenvalue weighted by Gasteiger charge is -2.34. The smallest absolute Gasteiger partial charge is 0.272 e. The van der Waals surface area contributed by atoms with Gasteiger partial charge in [0.15, 0.2) is 0 Å². The van der Waals surface area contributed by atoms with E-state index in [9.17, 15) is 9.59 Å². The highest BCUT2D eigenvalue weighted by Gasteiger charge is 2.24. The van der Waals surface area contributed by atoms with Gasteiger partial charge in [-0.05, 0) is 30.2 Å². The maximum absolute atomic E-state index is 12.7. The normalized spacial score (nSPS) is 14.2. The molecule has 0 bridgehead atoms. The Morgan fingerprint density at radius 2 is 1.77 bits per heavy atom. The number of carbonyl (C=O) groups is 2. The third-order valence-corrected chi connectivity index (χ3v) is 4.74. The minimum Gasteiger partial charge on any atom is -0.381 e. The number of aromatic nitrogens is 1. The van der Waals surface area contributed by atoms with Crippen LogP contribution < -0.4 is 5.32 Å². The highest BCUT2D eigenvalue weighted by atomic mass is 16.2. The zero-order valence-electron chi connectivity index (χ0n) is 15.2. The van der Waals surface area contributed by atoms with E-state index in [4.69, 9.17) is 0 Å². The van der Waals surface area contributed by atoms with Crippen molar-refractivity contribution in [3.8, 4) is 0 Å². The lowest BCUT2D eigenvalue weighted by Crippen LogP contribution is -2.50. The van der Waals surface area contributed by atoms with Crippen LogP contribution in [0.15, 0.2) is 42.6 Å². The predicted octanol–water partition coefficient (Wildman–Crippen LogP) is 2.31. The second-order valence-electron chi connectivity index (χ2n) is 6.51. The Labute approximate surface area is 153 Å². The van der Waals surface area contributed by atoms with E-state index in [-0.39, 0.29) is 11.8 Å². The van der Waals surface area contributed by atoms with Gasteiger partial charge in [-0.2, -0.15) is 0 Å². The van der Waals surface area contributed by atoms with Crippen LogP contribution in [0.2, 0.25) is 0 Å². The number of nitrogens with one attached hydrogen (secondary N) is 1. The first-order valence-electron chi connectivity index (χ1n) is 8.84. The summed E-state index contributed by atoms with van der Waals surface area (Å²) >= 11 is 0. The summed E-state index contributed by atoms with van der Waals surface area (Å²) in [5.74, 6) is -0.0367. The second-order valence-corrected chi connectivity index (χ2v) is 6.51. The van der Waals surface area contributed by atoms with E-state index in [1.165, 1.54) is 11.1 Å². The number of rotatable bonds is 4. The fraction of sp³-hybridized carbons (Fsp3) is 0.350. The number of nitrogens with zero attached hydrogens (tertiary/aromatic N) is 3. The summed E-state index contributed by atoms with van der Waals surface area (Å²) in [6.45, 7) is 6.57. The van der Waals surface area contributed by atoms with Gasteiger partial charge in [0.2, 0.25) is 5.91 Å². The summed E-state index contributed by atoms with van der Waals surface area (Å²) in [5.41, 5.74) is 3.75. The molecule has 1 fully saturated rings. The van der Waals surface area contributed by atoms with Crippen molar-refractivity contribution in [3.05, 3.63) is 59.4 Å². The van der Waals surface area contributed by atoms with Crippen LogP contribution in [0, 0.1) is 6.92 Å². The molecule has 1 aromatic heterocycles. The Morgan fingerprint density at radius 1 is 1.08 bits per heavy atom. The minimum atomic E-state index is -0.0901. The van der Waals surface area contributed by atoms with Crippen LogP contribution in [0.5, 0.6) is 0 Å². The van der Waals surface area contributed by atoms with Crippen LogP contribution in [0.4, 0.5) is 5.69 Å². The van der Waals surface area contributed by atoms with Crippen LogP contribution in [0.25, 0.3) is 0 Å². The van der Waals surface area contributed by atoms with Gasteiger partial charge in [0.1, 0.15) is 5.69 Å². The monoisotopic (exact) mass is 352 g/mol. The molecule has 2 aromatic rings. The average molecular weight is 352 g/mol. The van der Waals surface area contributed by atoms with E-state index in [1.54, 1.807) is 29.0 Å². The van der Waals surface area contributed by atoms with E-state index < -0.39 is 0 Å². The summed E-state index contributed by atoms with van der Waals surface area (Å²) in [4.78, 5) is 31.8. The Balaban J connectivity index is 1.63. The maximum Gasteiger partial charge on any atom is 0.272 e. The molecule has 1 saturated heterocycles. The van der Waals surface area contributed by atoms with E-state index in [0.29, 0.717) is 38.4 Å². The number of anilines is 1. The van der Waals surface area contributed by atoms with Crippen molar-refractivity contribution >= 4 is 17.5 Å². The molecule has 0 radical (unpaired) electrons. The van der Waals surface area contributed by atoms with Crippen LogP contribution in [-0.2, 0) is 11.3 Å². The number of pyridine rings is 1. The molecule has 1 aliphatic heterocycles. The lowest BCUT2D eigenvalue weighted by atomic mass is 10.1. The molecule has 0 saturated carbocycles. The Kier molecular flexibility index (Phi) is 5.51. The summed E-state index contributed by atoms with van der Waals surface area (Å²) in [6.07, 6.45) is 1.65. The third-order valence-electron chi connectivity index (χ3n) is 4.74. The van der Waals surface area contributed by atoms with Gasteiger partial charge in [-0.3, -0.25) is 14.6 Å². The second kappa shape index (κ2) is 7.99. The molecular formula is C20H24N4O2. The molecule has 1 aliphatic rings. The first-order valence-corrected chi connectivity index (χ1v) is 8.84. The van der Waals surface area contributed by atoms with Crippen molar-refractivity contribution in [1.29, 1.82) is 0 Å². The molecule has 6 heteroatoms. The lowest BCUT2D eigenvalue weighted by molar-refractivity contribution is -0.130. The molecule has 1 aromatic carbocycles. The zero-order chi connectivity index (χ0) is 18.5. The van der Waals surface area contributed by atoms with Crippen molar-refractivity contribution in [1.82, 2.24) is 14.8 Å². The minimum absolute atomic E-state index is 0.0534. The third kappa shape index (κ3) is 4.20. The molecule has 0 spiro atoms. The fourth-order valence-corrected chi connectivity index (χ4v) is 3.05. The van der Waals surface area contributed by atoms with Gasteiger partial charge in [-0.1, -0.05) is 24.3 Å². The highest BCUT2D eigenvalue weighted by Crippen LogP contribution is 2.14. The van der Waals surface area contributed by atoms with Crippen molar-refractivity contribution in [2.75, 3.05) is 31.5 Å². The van der Waals surface area contributed by atoms with E-state index in [2.05, 4.69) is 29.4 Å². The van der Waals surface area contributed by atoms with Crippen LogP contribution in [0.3, 0.4) is 0 Å². The molecule has 0 aliphatic carbocycles. The number of carbonyl (C=O) groups excluding carboxylic acids is 2. The number of piperazine rings is 1. The molecule has 0 unspecified atom stereocenters. The first-order chi connectivity index (χ1) is 12.5. The highest BCUT2D eigenvalue weighted by molar-refractivity contribution is 5.93. The number of amides is 2. The quantitative estimate of drug-likeness (QED) is 0.917. The number of benzene rings is 1. The number of hydrogen-bond donors (Lipinski definition) is 1. The molecule has 6 nitrogen and oxygen atoms in total. The van der Waals surface area contributed by atoms with E-state index >= 15 is 0 Å². The van der Waals surface area contributed by atoms with Gasteiger partial charge >= 0.3 is 0 Å². The molecule has 1 N–H and O–H groups in total. The summed E-state index contributed by atoms with van der Waals surface area (Å²) in [6, 6.07) is 11.9. The van der Waals surface area contributed by atoms with E-state index in [0.717, 1.165) is 5.69 Å². The van der Waals surface area contributed by atoms with Crippen molar-refractivity contribution in [2.24, 2.45) is 0 Å². The van der Waals surface area contributed by atoms with Crippen LogP contribution >= 0.6 is 0 Å². The fourth-order valence-electron chi connectivity index (χ4n) is 3.05. The van der Waals surface area contributed by atoms with Crippen molar-refractivity contribution < 1.29 is 9.59 Å². The number of hydrogen-bond acceptors (Lipinski definition) is 4.